The quantitative estimate of drug-likeness (QED) is 0.742. The van der Waals surface area contributed by atoms with Crippen molar-refractivity contribution in [2.45, 2.75) is 39.7 Å². The van der Waals surface area contributed by atoms with Crippen LogP contribution in [0, 0.1) is 17.8 Å². The van der Waals surface area contributed by atoms with Crippen molar-refractivity contribution in [1.82, 2.24) is 14.1 Å². The highest BCUT2D eigenvalue weighted by Crippen LogP contribution is 2.58. The maximum Gasteiger partial charge on any atom is 0.230 e. The van der Waals surface area contributed by atoms with Gasteiger partial charge in [0.25, 0.3) is 0 Å². The number of carbonyl (C=O) groups excluding carboxylic acids is 1. The molecule has 4 rings (SSSR count). The molecule has 3 saturated heterocycles. The van der Waals surface area contributed by atoms with Crippen molar-refractivity contribution >= 4 is 27.3 Å². The molecular formula is C20H31N3O3S2. The summed E-state index contributed by atoms with van der Waals surface area (Å²) in [6.07, 6.45) is 3.86. The number of rotatable bonds is 4. The van der Waals surface area contributed by atoms with E-state index in [9.17, 15) is 13.2 Å². The van der Waals surface area contributed by atoms with E-state index in [1.54, 1.807) is 4.31 Å². The third-order valence-corrected chi connectivity index (χ3v) is 9.47. The first kappa shape index (κ1) is 20.3. The molecule has 6 nitrogen and oxygen atoms in total. The van der Waals surface area contributed by atoms with Gasteiger partial charge < -0.3 is 4.90 Å². The summed E-state index contributed by atoms with van der Waals surface area (Å²) >= 11 is 1.84. The van der Waals surface area contributed by atoms with Crippen LogP contribution in [0.4, 0.5) is 0 Å². The van der Waals surface area contributed by atoms with Gasteiger partial charge in [0.1, 0.15) is 0 Å². The molecule has 0 aliphatic carbocycles. The van der Waals surface area contributed by atoms with Gasteiger partial charge in [0.05, 0.1) is 11.7 Å². The van der Waals surface area contributed by atoms with Crippen LogP contribution in [0.5, 0.6) is 0 Å². The van der Waals surface area contributed by atoms with Crippen LogP contribution in [0.25, 0.3) is 0 Å². The first-order valence-corrected chi connectivity index (χ1v) is 12.9. The molecule has 3 fully saturated rings. The van der Waals surface area contributed by atoms with E-state index in [4.69, 9.17) is 0 Å². The van der Waals surface area contributed by atoms with Crippen LogP contribution < -0.4 is 0 Å². The predicted molar refractivity (Wildman–Crippen MR) is 112 cm³/mol. The summed E-state index contributed by atoms with van der Waals surface area (Å²) in [6, 6.07) is 4.37. The summed E-state index contributed by atoms with van der Waals surface area (Å²) in [6.45, 7) is 9.28. The molecule has 0 radical (unpaired) electrons. The fraction of sp³-hybridized carbons (Fsp3) is 0.750. The summed E-state index contributed by atoms with van der Waals surface area (Å²) in [5, 5.41) is 0. The van der Waals surface area contributed by atoms with E-state index >= 15 is 0 Å². The highest BCUT2D eigenvalue weighted by atomic mass is 32.2. The Labute approximate surface area is 172 Å². The number of amides is 1. The number of carbonyl (C=O) groups is 1. The van der Waals surface area contributed by atoms with Crippen LogP contribution in [-0.4, -0.2) is 74.0 Å². The van der Waals surface area contributed by atoms with Crippen LogP contribution in [0.1, 0.15) is 35.9 Å². The summed E-state index contributed by atoms with van der Waals surface area (Å²) in [7, 11) is -3.30. The SMILES string of the molecule is CCN1CC[C@]2(CN(S(C)(=O)=O)CC23CCN(Cc2ccc(C)s2)CC3)C1=O. The van der Waals surface area contributed by atoms with Gasteiger partial charge in [-0.3, -0.25) is 9.69 Å². The van der Waals surface area contributed by atoms with E-state index in [1.165, 1.54) is 16.0 Å². The van der Waals surface area contributed by atoms with Crippen molar-refractivity contribution in [3.05, 3.63) is 21.9 Å². The average Bonchev–Trinajstić information content (AvgIpc) is 3.29. The van der Waals surface area contributed by atoms with Crippen LogP contribution in [0.15, 0.2) is 12.1 Å². The molecule has 1 aromatic rings. The highest BCUT2D eigenvalue weighted by Gasteiger charge is 2.66. The van der Waals surface area contributed by atoms with E-state index in [2.05, 4.69) is 24.0 Å². The highest BCUT2D eigenvalue weighted by molar-refractivity contribution is 7.88. The van der Waals surface area contributed by atoms with Gasteiger partial charge in [-0.25, -0.2) is 12.7 Å². The van der Waals surface area contributed by atoms with Crippen LogP contribution >= 0.6 is 11.3 Å². The largest absolute Gasteiger partial charge is 0.342 e. The molecule has 0 N–H and O–H groups in total. The van der Waals surface area contributed by atoms with Crippen molar-refractivity contribution in [2.24, 2.45) is 10.8 Å². The molecule has 8 heteroatoms. The van der Waals surface area contributed by atoms with Gasteiger partial charge >= 0.3 is 0 Å². The molecule has 4 heterocycles. The zero-order chi connectivity index (χ0) is 20.2. The molecule has 28 heavy (non-hydrogen) atoms. The van der Waals surface area contributed by atoms with Crippen molar-refractivity contribution in [1.29, 1.82) is 0 Å². The van der Waals surface area contributed by atoms with Crippen molar-refractivity contribution in [3.63, 3.8) is 0 Å². The fourth-order valence-corrected chi connectivity index (χ4v) is 7.46. The molecule has 2 spiro atoms. The molecule has 156 valence electrons. The van der Waals surface area contributed by atoms with Crippen molar-refractivity contribution in [2.75, 3.05) is 45.5 Å². The third kappa shape index (κ3) is 3.22. The predicted octanol–water partition coefficient (Wildman–Crippen LogP) is 2.15. The Morgan fingerprint density at radius 2 is 1.82 bits per heavy atom. The molecule has 1 atom stereocenters. The van der Waals surface area contributed by atoms with Crippen LogP contribution in [-0.2, 0) is 21.4 Å². The number of aryl methyl sites for hydroxylation is 1. The van der Waals surface area contributed by atoms with Crippen LogP contribution in [0.3, 0.4) is 0 Å². The first-order chi connectivity index (χ1) is 13.2. The van der Waals surface area contributed by atoms with E-state index < -0.39 is 15.4 Å². The Kier molecular flexibility index (Phi) is 5.13. The molecule has 0 unspecified atom stereocenters. The molecule has 1 aromatic heterocycles. The second-order valence-electron chi connectivity index (χ2n) is 8.82. The summed E-state index contributed by atoms with van der Waals surface area (Å²) < 4.78 is 26.3. The van der Waals surface area contributed by atoms with Gasteiger partial charge in [0.2, 0.25) is 15.9 Å². The number of sulfonamides is 1. The normalized spacial score (nSPS) is 28.8. The molecule has 3 aliphatic heterocycles. The van der Waals surface area contributed by atoms with E-state index in [0.717, 1.165) is 45.4 Å². The van der Waals surface area contributed by atoms with Crippen molar-refractivity contribution in [3.8, 4) is 0 Å². The van der Waals surface area contributed by atoms with Gasteiger partial charge in [-0.2, -0.15) is 0 Å². The number of hydrogen-bond donors (Lipinski definition) is 0. The molecular weight excluding hydrogens is 394 g/mol. The van der Waals surface area contributed by atoms with Gasteiger partial charge in [-0.1, -0.05) is 0 Å². The Bertz CT molecular complexity index is 858. The van der Waals surface area contributed by atoms with Gasteiger partial charge in [-0.05, 0) is 58.3 Å². The lowest BCUT2D eigenvalue weighted by atomic mass is 9.60. The minimum absolute atomic E-state index is 0.184. The maximum atomic E-state index is 13.4. The zero-order valence-corrected chi connectivity index (χ0v) is 18.7. The molecule has 3 aliphatic rings. The lowest BCUT2D eigenvalue weighted by Crippen LogP contribution is -2.52. The fourth-order valence-electron chi connectivity index (χ4n) is 5.59. The van der Waals surface area contributed by atoms with Gasteiger partial charge in [0.15, 0.2) is 0 Å². The zero-order valence-electron chi connectivity index (χ0n) is 17.1. The summed E-state index contributed by atoms with van der Waals surface area (Å²) in [5.74, 6) is 0.184. The number of hydrogen-bond acceptors (Lipinski definition) is 5. The Morgan fingerprint density at radius 3 is 2.36 bits per heavy atom. The Hall–Kier alpha value is -0.960. The summed E-state index contributed by atoms with van der Waals surface area (Å²) in [4.78, 5) is 20.5. The summed E-state index contributed by atoms with van der Waals surface area (Å²) in [5.41, 5.74) is -0.753. The van der Waals surface area contributed by atoms with Crippen molar-refractivity contribution < 1.29 is 13.2 Å². The Morgan fingerprint density at radius 1 is 1.11 bits per heavy atom. The number of fused-ring (bicyclic) bond motifs is 1. The first-order valence-electron chi connectivity index (χ1n) is 10.2. The number of piperidine rings is 1. The van der Waals surface area contributed by atoms with Gasteiger partial charge in [-0.15, -0.1) is 11.3 Å². The topological polar surface area (TPSA) is 60.9 Å². The molecule has 1 amide bonds. The monoisotopic (exact) mass is 425 g/mol. The van der Waals surface area contributed by atoms with E-state index in [1.807, 2.05) is 23.2 Å². The smallest absolute Gasteiger partial charge is 0.230 e. The third-order valence-electron chi connectivity index (χ3n) is 7.28. The molecule has 0 bridgehead atoms. The number of thiophene rings is 1. The Balaban J connectivity index is 1.57. The van der Waals surface area contributed by atoms with Gasteiger partial charge in [0, 0.05) is 47.9 Å². The minimum atomic E-state index is -3.30. The van der Waals surface area contributed by atoms with Crippen LogP contribution in [0.2, 0.25) is 0 Å². The number of nitrogens with zero attached hydrogens (tertiary/aromatic N) is 3. The van der Waals surface area contributed by atoms with E-state index in [-0.39, 0.29) is 11.3 Å². The minimum Gasteiger partial charge on any atom is -0.342 e. The second kappa shape index (κ2) is 7.07. The lowest BCUT2D eigenvalue weighted by Gasteiger charge is -2.47. The standard InChI is InChI=1S/C20H31N3O3S2/c1-4-22-12-9-20(18(22)24)15-23(28(3,25)26)14-19(20)7-10-21(11-8-19)13-17-6-5-16(2)27-17/h5-6H,4,7-15H2,1-3H3/t20-/m0/s1. The second-order valence-corrected chi connectivity index (χ2v) is 12.2. The maximum absolute atomic E-state index is 13.4. The molecule has 0 saturated carbocycles. The number of likely N-dealkylation sites (tertiary alicyclic amines) is 2. The lowest BCUT2D eigenvalue weighted by molar-refractivity contribution is -0.142. The average molecular weight is 426 g/mol. The van der Waals surface area contributed by atoms with E-state index in [0.29, 0.717) is 19.6 Å². The molecule has 0 aromatic carbocycles.